The van der Waals surface area contributed by atoms with Crippen LogP contribution in [0.1, 0.15) is 47.7 Å². The van der Waals surface area contributed by atoms with Gasteiger partial charge in [-0.1, -0.05) is 25.1 Å². The van der Waals surface area contributed by atoms with Crippen LogP contribution in [0.15, 0.2) is 18.2 Å². The number of likely N-dealkylation sites (tertiary alicyclic amines) is 1. The first-order chi connectivity index (χ1) is 12.9. The van der Waals surface area contributed by atoms with E-state index in [-0.39, 0.29) is 29.6 Å². The summed E-state index contributed by atoms with van der Waals surface area (Å²) in [5, 5.41) is 2.35. The van der Waals surface area contributed by atoms with Gasteiger partial charge in [-0.05, 0) is 42.5 Å². The Morgan fingerprint density at radius 1 is 1.30 bits per heavy atom. The van der Waals surface area contributed by atoms with E-state index in [1.165, 1.54) is 0 Å². The summed E-state index contributed by atoms with van der Waals surface area (Å²) in [6, 6.07) is 5.37. The second-order valence-electron chi connectivity index (χ2n) is 8.33. The summed E-state index contributed by atoms with van der Waals surface area (Å²) in [7, 11) is 0. The number of hydrogen-bond donors (Lipinski definition) is 2. The van der Waals surface area contributed by atoms with E-state index in [9.17, 15) is 14.4 Å². The molecule has 7 heteroatoms. The molecule has 1 aromatic rings. The maximum Gasteiger partial charge on any atom is 0.255 e. The number of benzene rings is 1. The highest BCUT2D eigenvalue weighted by atomic mass is 16.2. The van der Waals surface area contributed by atoms with Gasteiger partial charge in [0.15, 0.2) is 0 Å². The number of carbonyl (C=O) groups is 3. The van der Waals surface area contributed by atoms with Crippen LogP contribution >= 0.6 is 0 Å². The summed E-state index contributed by atoms with van der Waals surface area (Å²) in [6.07, 6.45) is 1.73. The molecule has 2 fully saturated rings. The molecule has 3 aliphatic heterocycles. The highest BCUT2D eigenvalue weighted by molar-refractivity contribution is 6.05. The second-order valence-corrected chi connectivity index (χ2v) is 8.33. The van der Waals surface area contributed by atoms with Gasteiger partial charge in [0.2, 0.25) is 11.8 Å². The summed E-state index contributed by atoms with van der Waals surface area (Å²) < 4.78 is 0. The van der Waals surface area contributed by atoms with E-state index >= 15 is 0 Å². The predicted octanol–water partition coefficient (Wildman–Crippen LogP) is 0.618. The van der Waals surface area contributed by atoms with E-state index in [1.54, 1.807) is 4.90 Å². The average molecular weight is 370 g/mol. The van der Waals surface area contributed by atoms with Crippen molar-refractivity contribution < 1.29 is 14.4 Å². The minimum atomic E-state index is -0.567. The van der Waals surface area contributed by atoms with Gasteiger partial charge in [-0.3, -0.25) is 24.6 Å². The van der Waals surface area contributed by atoms with Gasteiger partial charge in [-0.2, -0.15) is 0 Å². The monoisotopic (exact) mass is 370 g/mol. The number of carbonyl (C=O) groups excluding carboxylic acids is 3. The van der Waals surface area contributed by atoms with E-state index in [0.29, 0.717) is 26.1 Å². The van der Waals surface area contributed by atoms with Crippen LogP contribution in [0.2, 0.25) is 0 Å². The molecule has 2 atom stereocenters. The molecule has 2 unspecified atom stereocenters. The third kappa shape index (κ3) is 3.26. The molecule has 3 aliphatic rings. The SMILES string of the molecule is CC1(CN)CCN(Cc2cccc3c2C(=O)N(C2CCC(=O)NC2=O)C3)C1. The van der Waals surface area contributed by atoms with E-state index in [4.69, 9.17) is 5.73 Å². The van der Waals surface area contributed by atoms with Crippen LogP contribution in [0.25, 0.3) is 0 Å². The molecule has 2 saturated heterocycles. The highest BCUT2D eigenvalue weighted by Gasteiger charge is 2.40. The van der Waals surface area contributed by atoms with Crippen molar-refractivity contribution in [3.05, 3.63) is 34.9 Å². The number of fused-ring (bicyclic) bond motifs is 1. The van der Waals surface area contributed by atoms with E-state index in [0.717, 1.165) is 36.2 Å². The Labute approximate surface area is 158 Å². The van der Waals surface area contributed by atoms with Crippen molar-refractivity contribution in [3.8, 4) is 0 Å². The van der Waals surface area contributed by atoms with Crippen LogP contribution < -0.4 is 11.1 Å². The summed E-state index contributed by atoms with van der Waals surface area (Å²) in [6.45, 7) is 5.92. The molecular formula is C20H26N4O3. The summed E-state index contributed by atoms with van der Waals surface area (Å²) in [5.41, 5.74) is 8.74. The Balaban J connectivity index is 1.54. The maximum absolute atomic E-state index is 13.1. The lowest BCUT2D eigenvalue weighted by molar-refractivity contribution is -0.136. The fourth-order valence-electron chi connectivity index (χ4n) is 4.49. The summed E-state index contributed by atoms with van der Waals surface area (Å²) in [5.74, 6) is -0.735. The maximum atomic E-state index is 13.1. The van der Waals surface area contributed by atoms with Crippen molar-refractivity contribution in [1.29, 1.82) is 0 Å². The van der Waals surface area contributed by atoms with E-state index < -0.39 is 6.04 Å². The Kier molecular flexibility index (Phi) is 4.52. The molecule has 144 valence electrons. The molecule has 0 radical (unpaired) electrons. The molecule has 0 aromatic heterocycles. The normalized spacial score (nSPS) is 28.6. The van der Waals surface area contributed by atoms with Crippen molar-refractivity contribution >= 4 is 17.7 Å². The number of nitrogens with zero attached hydrogens (tertiary/aromatic N) is 2. The lowest BCUT2D eigenvalue weighted by atomic mass is 9.90. The van der Waals surface area contributed by atoms with Crippen LogP contribution in [0.4, 0.5) is 0 Å². The Hall–Kier alpha value is -2.25. The van der Waals surface area contributed by atoms with Gasteiger partial charge in [0, 0.05) is 31.6 Å². The van der Waals surface area contributed by atoms with Crippen LogP contribution in [0.3, 0.4) is 0 Å². The zero-order chi connectivity index (χ0) is 19.2. The number of rotatable bonds is 4. The second kappa shape index (κ2) is 6.73. The zero-order valence-corrected chi connectivity index (χ0v) is 15.7. The molecule has 7 nitrogen and oxygen atoms in total. The lowest BCUT2D eigenvalue weighted by Gasteiger charge is -2.29. The minimum Gasteiger partial charge on any atom is -0.330 e. The highest BCUT2D eigenvalue weighted by Crippen LogP contribution is 2.33. The molecule has 0 aliphatic carbocycles. The standard InChI is InChI=1S/C20H26N4O3/c1-20(11-21)7-8-23(12-20)9-13-3-2-4-14-10-24(19(27)17(13)14)15-5-6-16(25)22-18(15)26/h2-4,15H,5-12,21H2,1H3,(H,22,25,26). The first-order valence-corrected chi connectivity index (χ1v) is 9.58. The average Bonchev–Trinajstić information content (AvgIpc) is 3.17. The van der Waals surface area contributed by atoms with E-state index in [1.807, 2.05) is 18.2 Å². The van der Waals surface area contributed by atoms with Crippen molar-refractivity contribution in [2.75, 3.05) is 19.6 Å². The third-order valence-corrected chi connectivity index (χ3v) is 6.16. The van der Waals surface area contributed by atoms with Crippen LogP contribution in [-0.2, 0) is 22.7 Å². The molecule has 4 rings (SSSR count). The topological polar surface area (TPSA) is 95.7 Å². The van der Waals surface area contributed by atoms with Crippen LogP contribution in [0, 0.1) is 5.41 Å². The molecule has 3 heterocycles. The molecule has 27 heavy (non-hydrogen) atoms. The fourth-order valence-corrected chi connectivity index (χ4v) is 4.49. The number of piperidine rings is 1. The molecule has 3 N–H and O–H groups in total. The lowest BCUT2D eigenvalue weighted by Crippen LogP contribution is -2.52. The molecule has 0 spiro atoms. The molecule has 0 bridgehead atoms. The summed E-state index contributed by atoms with van der Waals surface area (Å²) >= 11 is 0. The quantitative estimate of drug-likeness (QED) is 0.758. The zero-order valence-electron chi connectivity index (χ0n) is 15.7. The molecule has 0 saturated carbocycles. The van der Waals surface area contributed by atoms with Gasteiger partial charge < -0.3 is 10.6 Å². The first kappa shape index (κ1) is 18.1. The number of imide groups is 1. The smallest absolute Gasteiger partial charge is 0.255 e. The predicted molar refractivity (Wildman–Crippen MR) is 99.5 cm³/mol. The van der Waals surface area contributed by atoms with Gasteiger partial charge in [-0.25, -0.2) is 0 Å². The summed E-state index contributed by atoms with van der Waals surface area (Å²) in [4.78, 5) is 40.7. The first-order valence-electron chi connectivity index (χ1n) is 9.58. The Bertz CT molecular complexity index is 808. The number of hydrogen-bond acceptors (Lipinski definition) is 5. The third-order valence-electron chi connectivity index (χ3n) is 6.16. The van der Waals surface area contributed by atoms with E-state index in [2.05, 4.69) is 17.1 Å². The number of amides is 3. The van der Waals surface area contributed by atoms with Crippen LogP contribution in [0.5, 0.6) is 0 Å². The van der Waals surface area contributed by atoms with Crippen molar-refractivity contribution in [3.63, 3.8) is 0 Å². The minimum absolute atomic E-state index is 0.101. The van der Waals surface area contributed by atoms with Crippen molar-refractivity contribution in [2.24, 2.45) is 11.1 Å². The van der Waals surface area contributed by atoms with Gasteiger partial charge >= 0.3 is 0 Å². The van der Waals surface area contributed by atoms with Gasteiger partial charge in [-0.15, -0.1) is 0 Å². The Morgan fingerprint density at radius 2 is 2.11 bits per heavy atom. The van der Waals surface area contributed by atoms with Gasteiger partial charge in [0.1, 0.15) is 6.04 Å². The number of nitrogens with one attached hydrogen (secondary N) is 1. The van der Waals surface area contributed by atoms with Gasteiger partial charge in [0.25, 0.3) is 5.91 Å². The van der Waals surface area contributed by atoms with Gasteiger partial charge in [0.05, 0.1) is 0 Å². The molecule has 3 amide bonds. The molecule has 1 aromatic carbocycles. The molecular weight excluding hydrogens is 344 g/mol. The number of nitrogens with two attached hydrogens (primary N) is 1. The Morgan fingerprint density at radius 3 is 2.81 bits per heavy atom. The van der Waals surface area contributed by atoms with Crippen molar-refractivity contribution in [1.82, 2.24) is 15.1 Å². The van der Waals surface area contributed by atoms with Crippen molar-refractivity contribution in [2.45, 2.75) is 45.3 Å². The largest absolute Gasteiger partial charge is 0.330 e. The van der Waals surface area contributed by atoms with Crippen LogP contribution in [-0.4, -0.2) is 53.2 Å². The fraction of sp³-hybridized carbons (Fsp3) is 0.550.